The second-order valence-electron chi connectivity index (χ2n) is 1.59. The Morgan fingerprint density at radius 2 is 2.38 bits per heavy atom. The molecule has 0 atom stereocenters. The molecule has 38 valence electrons. The number of allylic oxidation sites excluding steroid dienone is 3. The van der Waals surface area contributed by atoms with Gasteiger partial charge >= 0.3 is 0 Å². The highest BCUT2D eigenvalue weighted by atomic mass is 15.4. The average molecular weight is 105 g/mol. The standard InChI is InChI=1S/C5H3N3/c1-2-4-5(3-1)7-8-6-4/h1-3H. The molecule has 0 N–H and O–H groups in total. The molecule has 1 aliphatic carbocycles. The molecule has 8 heavy (non-hydrogen) atoms. The molecule has 0 unspecified atom stereocenters. The fourth-order valence-corrected chi connectivity index (χ4v) is 0.689. The first kappa shape index (κ1) is 3.72. The molecule has 0 bridgehead atoms. The van der Waals surface area contributed by atoms with Gasteiger partial charge in [-0.15, -0.1) is 10.2 Å². The van der Waals surface area contributed by atoms with Gasteiger partial charge in [-0.25, -0.2) is 0 Å². The van der Waals surface area contributed by atoms with Crippen molar-refractivity contribution >= 4 is 5.71 Å². The zero-order chi connectivity index (χ0) is 5.40. The molecular formula is C5H3N3. The summed E-state index contributed by atoms with van der Waals surface area (Å²) >= 11 is 0. The summed E-state index contributed by atoms with van der Waals surface area (Å²) in [6.45, 7) is 0. The first-order valence-electron chi connectivity index (χ1n) is 2.34. The van der Waals surface area contributed by atoms with Crippen molar-refractivity contribution in [2.24, 2.45) is 15.4 Å². The summed E-state index contributed by atoms with van der Waals surface area (Å²) in [7, 11) is 0. The van der Waals surface area contributed by atoms with Gasteiger partial charge < -0.3 is 0 Å². The van der Waals surface area contributed by atoms with E-state index >= 15 is 0 Å². The van der Waals surface area contributed by atoms with Gasteiger partial charge in [0, 0.05) is 0 Å². The van der Waals surface area contributed by atoms with Gasteiger partial charge in [0.2, 0.25) is 0 Å². The molecule has 0 spiro atoms. The molecule has 0 aromatic heterocycles. The van der Waals surface area contributed by atoms with Crippen LogP contribution in [0.5, 0.6) is 0 Å². The summed E-state index contributed by atoms with van der Waals surface area (Å²) in [6.07, 6.45) is 5.68. The number of rotatable bonds is 0. The quantitative estimate of drug-likeness (QED) is 0.444. The molecule has 0 saturated heterocycles. The number of hydrogen-bond donors (Lipinski definition) is 0. The molecule has 3 nitrogen and oxygen atoms in total. The van der Waals surface area contributed by atoms with Gasteiger partial charge in [-0.1, -0.05) is 6.08 Å². The Hall–Kier alpha value is -1.25. The van der Waals surface area contributed by atoms with Crippen LogP contribution in [0.1, 0.15) is 0 Å². The second kappa shape index (κ2) is 1.12. The fourth-order valence-electron chi connectivity index (χ4n) is 0.689. The highest BCUT2D eigenvalue weighted by Crippen LogP contribution is 2.15. The van der Waals surface area contributed by atoms with E-state index in [1.807, 2.05) is 18.2 Å². The molecule has 0 saturated carbocycles. The summed E-state index contributed by atoms with van der Waals surface area (Å²) in [6, 6.07) is 0. The van der Waals surface area contributed by atoms with Crippen LogP contribution < -0.4 is 0 Å². The normalized spacial score (nSPS) is 21.0. The zero-order valence-electron chi connectivity index (χ0n) is 4.07. The van der Waals surface area contributed by atoms with Crippen molar-refractivity contribution in [3.8, 4) is 0 Å². The Morgan fingerprint density at radius 3 is 3.25 bits per heavy atom. The molecule has 3 heteroatoms. The van der Waals surface area contributed by atoms with E-state index in [0.717, 1.165) is 11.4 Å². The summed E-state index contributed by atoms with van der Waals surface area (Å²) in [4.78, 5) is 0. The third-order valence-electron chi connectivity index (χ3n) is 1.08. The Labute approximate surface area is 46.1 Å². The van der Waals surface area contributed by atoms with Gasteiger partial charge in [-0.2, -0.15) is 0 Å². The van der Waals surface area contributed by atoms with Gasteiger partial charge in [0.15, 0.2) is 0 Å². The Morgan fingerprint density at radius 1 is 1.38 bits per heavy atom. The van der Waals surface area contributed by atoms with Gasteiger partial charge in [0.1, 0.15) is 11.4 Å². The van der Waals surface area contributed by atoms with Crippen LogP contribution in [0.4, 0.5) is 0 Å². The van der Waals surface area contributed by atoms with Crippen molar-refractivity contribution in [3.05, 3.63) is 23.9 Å². The minimum Gasteiger partial charge on any atom is -0.128 e. The Balaban J connectivity index is 2.59. The number of fused-ring (bicyclic) bond motifs is 1. The molecule has 0 aromatic carbocycles. The average Bonchev–Trinajstić information content (AvgIpc) is 2.15. The van der Waals surface area contributed by atoms with Gasteiger partial charge in [0.25, 0.3) is 0 Å². The first-order chi connectivity index (χ1) is 3.97. The molecule has 1 heterocycles. The number of hydrogen-bond acceptors (Lipinski definition) is 3. The molecule has 0 amide bonds. The highest BCUT2D eigenvalue weighted by molar-refractivity contribution is 6.11. The summed E-state index contributed by atoms with van der Waals surface area (Å²) in [5.41, 5.74) is 1.76. The monoisotopic (exact) mass is 105 g/mol. The highest BCUT2D eigenvalue weighted by Gasteiger charge is 2.10. The van der Waals surface area contributed by atoms with Gasteiger partial charge in [-0.3, -0.25) is 0 Å². The molecule has 1 aliphatic heterocycles. The molecular weight excluding hydrogens is 102 g/mol. The van der Waals surface area contributed by atoms with Crippen LogP contribution in [0.15, 0.2) is 39.4 Å². The number of nitrogens with zero attached hydrogens (tertiary/aromatic N) is 3. The zero-order valence-corrected chi connectivity index (χ0v) is 4.07. The SMILES string of the molecule is C1=CC2=NN=NC2=C1. The van der Waals surface area contributed by atoms with Crippen LogP contribution in [0.3, 0.4) is 0 Å². The second-order valence-corrected chi connectivity index (χ2v) is 1.59. The Kier molecular flexibility index (Phi) is 0.521. The lowest BCUT2D eigenvalue weighted by atomic mass is 10.4. The van der Waals surface area contributed by atoms with Gasteiger partial charge in [0.05, 0.1) is 0 Å². The van der Waals surface area contributed by atoms with Gasteiger partial charge in [-0.05, 0) is 17.4 Å². The molecule has 0 radical (unpaired) electrons. The van der Waals surface area contributed by atoms with Crippen LogP contribution in [-0.4, -0.2) is 5.71 Å². The maximum Gasteiger partial charge on any atom is 0.115 e. The van der Waals surface area contributed by atoms with Crippen LogP contribution in [0.2, 0.25) is 0 Å². The third kappa shape index (κ3) is 0.307. The topological polar surface area (TPSA) is 37.1 Å². The largest absolute Gasteiger partial charge is 0.128 e. The van der Waals surface area contributed by atoms with E-state index in [0.29, 0.717) is 0 Å². The molecule has 2 rings (SSSR count). The van der Waals surface area contributed by atoms with Crippen molar-refractivity contribution in [1.29, 1.82) is 0 Å². The van der Waals surface area contributed by atoms with E-state index in [1.165, 1.54) is 0 Å². The minimum absolute atomic E-state index is 0.880. The van der Waals surface area contributed by atoms with Crippen LogP contribution in [0, 0.1) is 0 Å². The first-order valence-corrected chi connectivity index (χ1v) is 2.34. The molecule has 2 aliphatic rings. The minimum atomic E-state index is 0.880. The summed E-state index contributed by atoms with van der Waals surface area (Å²) < 4.78 is 0. The lowest BCUT2D eigenvalue weighted by Crippen LogP contribution is -1.84. The van der Waals surface area contributed by atoms with E-state index < -0.39 is 0 Å². The van der Waals surface area contributed by atoms with Crippen molar-refractivity contribution in [2.75, 3.05) is 0 Å². The fraction of sp³-hybridized carbons (Fsp3) is 0. The van der Waals surface area contributed by atoms with Crippen molar-refractivity contribution < 1.29 is 0 Å². The lowest BCUT2D eigenvalue weighted by Gasteiger charge is -1.77. The Bertz CT molecular complexity index is 206. The van der Waals surface area contributed by atoms with E-state index in [4.69, 9.17) is 0 Å². The van der Waals surface area contributed by atoms with Crippen LogP contribution in [0.25, 0.3) is 0 Å². The van der Waals surface area contributed by atoms with Crippen molar-refractivity contribution in [1.82, 2.24) is 0 Å². The molecule has 0 fully saturated rings. The maximum absolute atomic E-state index is 3.72. The predicted octanol–water partition coefficient (Wildman–Crippen LogP) is 1.26. The third-order valence-corrected chi connectivity index (χ3v) is 1.08. The van der Waals surface area contributed by atoms with Crippen molar-refractivity contribution in [2.45, 2.75) is 0 Å². The van der Waals surface area contributed by atoms with E-state index in [9.17, 15) is 0 Å². The van der Waals surface area contributed by atoms with Crippen molar-refractivity contribution in [3.63, 3.8) is 0 Å². The van der Waals surface area contributed by atoms with E-state index in [2.05, 4.69) is 15.4 Å². The van der Waals surface area contributed by atoms with Crippen LogP contribution in [-0.2, 0) is 0 Å². The lowest BCUT2D eigenvalue weighted by molar-refractivity contribution is 1.09. The summed E-state index contributed by atoms with van der Waals surface area (Å²) in [5.74, 6) is 0. The van der Waals surface area contributed by atoms with Crippen LogP contribution >= 0.6 is 0 Å². The predicted molar refractivity (Wildman–Crippen MR) is 29.5 cm³/mol. The van der Waals surface area contributed by atoms with E-state index in [-0.39, 0.29) is 0 Å². The smallest absolute Gasteiger partial charge is 0.115 e. The maximum atomic E-state index is 3.72. The summed E-state index contributed by atoms with van der Waals surface area (Å²) in [5, 5.41) is 10.9. The molecule has 0 aromatic rings. The van der Waals surface area contributed by atoms with E-state index in [1.54, 1.807) is 0 Å².